The highest BCUT2D eigenvalue weighted by Gasteiger charge is 2.23. The molecular weight excluding hydrogens is 259 g/mol. The molecule has 1 aliphatic heterocycles. The van der Waals surface area contributed by atoms with E-state index in [9.17, 15) is 4.39 Å². The van der Waals surface area contributed by atoms with Gasteiger partial charge in [-0.2, -0.15) is 0 Å². The van der Waals surface area contributed by atoms with Gasteiger partial charge in [-0.3, -0.25) is 4.90 Å². The molecule has 0 aromatic heterocycles. The third kappa shape index (κ3) is 3.51. The molecule has 1 heterocycles. The first kappa shape index (κ1) is 14.4. The highest BCUT2D eigenvalue weighted by molar-refractivity contribution is 7.80. The van der Waals surface area contributed by atoms with Crippen LogP contribution in [0.25, 0.3) is 0 Å². The first-order valence-electron chi connectivity index (χ1n) is 6.78. The van der Waals surface area contributed by atoms with Gasteiger partial charge in [-0.1, -0.05) is 38.2 Å². The van der Waals surface area contributed by atoms with Crippen molar-refractivity contribution in [2.45, 2.75) is 26.8 Å². The van der Waals surface area contributed by atoms with Gasteiger partial charge in [0, 0.05) is 24.2 Å². The van der Waals surface area contributed by atoms with Crippen LogP contribution in [0.2, 0.25) is 0 Å². The van der Waals surface area contributed by atoms with E-state index in [1.807, 2.05) is 0 Å². The van der Waals surface area contributed by atoms with Crippen LogP contribution >= 0.6 is 12.2 Å². The van der Waals surface area contributed by atoms with E-state index in [-0.39, 0.29) is 10.8 Å². The van der Waals surface area contributed by atoms with Crippen molar-refractivity contribution in [2.24, 2.45) is 17.6 Å². The first-order chi connectivity index (χ1) is 8.97. The fourth-order valence-corrected chi connectivity index (χ4v) is 2.69. The third-order valence-electron chi connectivity index (χ3n) is 4.15. The van der Waals surface area contributed by atoms with E-state index in [2.05, 4.69) is 18.7 Å². The minimum Gasteiger partial charge on any atom is -0.389 e. The molecule has 0 spiro atoms. The lowest BCUT2D eigenvalue weighted by Crippen LogP contribution is -2.38. The highest BCUT2D eigenvalue weighted by atomic mass is 32.1. The summed E-state index contributed by atoms with van der Waals surface area (Å²) in [5.74, 6) is 1.22. The molecule has 1 saturated heterocycles. The van der Waals surface area contributed by atoms with Crippen LogP contribution in [0.1, 0.15) is 31.4 Å². The topological polar surface area (TPSA) is 29.3 Å². The Morgan fingerprint density at radius 2 is 2.16 bits per heavy atom. The predicted octanol–water partition coefficient (Wildman–Crippen LogP) is 2.94. The summed E-state index contributed by atoms with van der Waals surface area (Å²) in [6.07, 6.45) is 1.19. The Morgan fingerprint density at radius 3 is 2.74 bits per heavy atom. The molecule has 0 aliphatic carbocycles. The van der Waals surface area contributed by atoms with Crippen LogP contribution < -0.4 is 5.73 Å². The number of thiocarbonyl (C=S) groups is 1. The van der Waals surface area contributed by atoms with Crippen LogP contribution in [-0.4, -0.2) is 23.0 Å². The summed E-state index contributed by atoms with van der Waals surface area (Å²) in [4.78, 5) is 2.56. The molecule has 2 nitrogen and oxygen atoms in total. The monoisotopic (exact) mass is 280 g/mol. The van der Waals surface area contributed by atoms with E-state index in [0.717, 1.165) is 24.6 Å². The molecule has 1 fully saturated rings. The van der Waals surface area contributed by atoms with Gasteiger partial charge in [0.1, 0.15) is 10.8 Å². The number of benzene rings is 1. The van der Waals surface area contributed by atoms with Gasteiger partial charge in [-0.05, 0) is 30.9 Å². The maximum atomic E-state index is 14.0. The molecule has 0 radical (unpaired) electrons. The maximum absolute atomic E-state index is 14.0. The average molecular weight is 280 g/mol. The standard InChI is InChI=1S/C15H21FN2S/c1-10-5-6-18(8-11(10)2)9-13-4-3-12(15(17)19)7-14(13)16/h3-4,7,10-11H,5-6,8-9H2,1-2H3,(H2,17,19). The Bertz CT molecular complexity index is 475. The SMILES string of the molecule is CC1CCN(Cc2ccc(C(N)=S)cc2F)CC1C. The number of nitrogens with two attached hydrogens (primary N) is 1. The quantitative estimate of drug-likeness (QED) is 0.863. The molecular formula is C15H21FN2S. The maximum Gasteiger partial charge on any atom is 0.128 e. The molecule has 0 bridgehead atoms. The zero-order valence-electron chi connectivity index (χ0n) is 11.5. The lowest BCUT2D eigenvalue weighted by atomic mass is 9.88. The van der Waals surface area contributed by atoms with Crippen LogP contribution in [-0.2, 0) is 6.54 Å². The van der Waals surface area contributed by atoms with E-state index in [1.54, 1.807) is 12.1 Å². The molecule has 19 heavy (non-hydrogen) atoms. The minimum absolute atomic E-state index is 0.212. The van der Waals surface area contributed by atoms with Gasteiger partial charge >= 0.3 is 0 Å². The van der Waals surface area contributed by atoms with Gasteiger partial charge < -0.3 is 5.73 Å². The fourth-order valence-electron chi connectivity index (χ4n) is 2.56. The summed E-state index contributed by atoms with van der Waals surface area (Å²) in [6.45, 7) is 7.31. The van der Waals surface area contributed by atoms with Gasteiger partial charge in [0.25, 0.3) is 0 Å². The summed E-state index contributed by atoms with van der Waals surface area (Å²) in [7, 11) is 0. The van der Waals surface area contributed by atoms with Crippen molar-refractivity contribution in [3.05, 3.63) is 35.1 Å². The lowest BCUT2D eigenvalue weighted by molar-refractivity contribution is 0.131. The molecule has 2 atom stereocenters. The van der Waals surface area contributed by atoms with Gasteiger partial charge in [0.05, 0.1) is 0 Å². The molecule has 1 aromatic carbocycles. The van der Waals surface area contributed by atoms with Crippen molar-refractivity contribution in [2.75, 3.05) is 13.1 Å². The predicted molar refractivity (Wildman–Crippen MR) is 80.5 cm³/mol. The minimum atomic E-state index is -0.212. The van der Waals surface area contributed by atoms with E-state index >= 15 is 0 Å². The summed E-state index contributed by atoms with van der Waals surface area (Å²) >= 11 is 4.86. The van der Waals surface area contributed by atoms with Gasteiger partial charge in [0.2, 0.25) is 0 Å². The zero-order valence-corrected chi connectivity index (χ0v) is 12.3. The zero-order chi connectivity index (χ0) is 14.0. The Morgan fingerprint density at radius 1 is 1.42 bits per heavy atom. The van der Waals surface area contributed by atoms with Crippen LogP contribution in [0.4, 0.5) is 4.39 Å². The molecule has 2 N–H and O–H groups in total. The molecule has 2 unspecified atom stereocenters. The van der Waals surface area contributed by atoms with E-state index in [0.29, 0.717) is 18.0 Å². The Hall–Kier alpha value is -1.00. The van der Waals surface area contributed by atoms with Crippen molar-refractivity contribution < 1.29 is 4.39 Å². The number of hydrogen-bond donors (Lipinski definition) is 1. The number of halogens is 1. The summed E-state index contributed by atoms with van der Waals surface area (Å²) in [5, 5.41) is 0. The molecule has 104 valence electrons. The second kappa shape index (κ2) is 5.97. The van der Waals surface area contributed by atoms with Crippen LogP contribution in [0.5, 0.6) is 0 Å². The molecule has 0 saturated carbocycles. The number of rotatable bonds is 3. The first-order valence-corrected chi connectivity index (χ1v) is 7.18. The Balaban J connectivity index is 2.05. The molecule has 0 amide bonds. The number of likely N-dealkylation sites (tertiary alicyclic amines) is 1. The van der Waals surface area contributed by atoms with Gasteiger partial charge in [-0.15, -0.1) is 0 Å². The molecule has 4 heteroatoms. The van der Waals surface area contributed by atoms with E-state index < -0.39 is 0 Å². The Kier molecular flexibility index (Phi) is 4.53. The second-order valence-corrected chi connectivity index (χ2v) is 6.09. The van der Waals surface area contributed by atoms with E-state index in [1.165, 1.54) is 12.5 Å². The van der Waals surface area contributed by atoms with Crippen LogP contribution in [0, 0.1) is 17.7 Å². The molecule has 2 rings (SSSR count). The second-order valence-electron chi connectivity index (χ2n) is 5.65. The van der Waals surface area contributed by atoms with Crippen molar-refractivity contribution in [1.29, 1.82) is 0 Å². The average Bonchev–Trinajstić information content (AvgIpc) is 2.36. The third-order valence-corrected chi connectivity index (χ3v) is 4.39. The van der Waals surface area contributed by atoms with Crippen LogP contribution in [0.15, 0.2) is 18.2 Å². The largest absolute Gasteiger partial charge is 0.389 e. The van der Waals surface area contributed by atoms with Crippen molar-refractivity contribution >= 4 is 17.2 Å². The van der Waals surface area contributed by atoms with Crippen molar-refractivity contribution in [3.8, 4) is 0 Å². The number of nitrogens with zero attached hydrogens (tertiary/aromatic N) is 1. The normalized spacial score (nSPS) is 24.4. The van der Waals surface area contributed by atoms with Gasteiger partial charge in [0.15, 0.2) is 0 Å². The molecule has 1 aliphatic rings. The lowest BCUT2D eigenvalue weighted by Gasteiger charge is -2.35. The molecule has 1 aromatic rings. The van der Waals surface area contributed by atoms with E-state index in [4.69, 9.17) is 18.0 Å². The highest BCUT2D eigenvalue weighted by Crippen LogP contribution is 2.24. The summed E-state index contributed by atoms with van der Waals surface area (Å²) in [5.41, 5.74) is 6.82. The Labute approximate surface area is 119 Å². The van der Waals surface area contributed by atoms with Crippen molar-refractivity contribution in [3.63, 3.8) is 0 Å². The summed E-state index contributed by atoms with van der Waals surface area (Å²) in [6, 6.07) is 5.04. The summed E-state index contributed by atoms with van der Waals surface area (Å²) < 4.78 is 14.0. The smallest absolute Gasteiger partial charge is 0.128 e. The van der Waals surface area contributed by atoms with Crippen molar-refractivity contribution in [1.82, 2.24) is 4.90 Å². The van der Waals surface area contributed by atoms with Crippen LogP contribution in [0.3, 0.4) is 0 Å². The fraction of sp³-hybridized carbons (Fsp3) is 0.533. The van der Waals surface area contributed by atoms with Gasteiger partial charge in [-0.25, -0.2) is 4.39 Å². The number of hydrogen-bond acceptors (Lipinski definition) is 2. The number of piperidine rings is 1.